The van der Waals surface area contributed by atoms with Crippen LogP contribution in [0.2, 0.25) is 0 Å². The lowest BCUT2D eigenvalue weighted by Gasteiger charge is -2.33. The maximum Gasteiger partial charge on any atom is 0.107 e. The Kier molecular flexibility index (Phi) is 2.71. The molecule has 1 fully saturated rings. The fraction of sp³-hybridized carbons (Fsp3) is 0.545. The second-order valence-corrected chi connectivity index (χ2v) is 6.78. The number of hydrogen-bond acceptors (Lipinski definition) is 5. The van der Waals surface area contributed by atoms with E-state index in [1.54, 1.807) is 11.5 Å². The summed E-state index contributed by atoms with van der Waals surface area (Å²) in [5, 5.41) is 1.30. The quantitative estimate of drug-likeness (QED) is 0.846. The molecule has 3 heterocycles. The first-order valence-electron chi connectivity index (χ1n) is 5.50. The van der Waals surface area contributed by atoms with Crippen LogP contribution in [0.15, 0.2) is 12.3 Å². The SMILES string of the molecule is CN1CC(N)CC(c2cc3cnsc3s2)C1. The lowest BCUT2D eigenvalue weighted by molar-refractivity contribution is 0.228. The fourth-order valence-corrected chi connectivity index (χ4v) is 4.49. The molecule has 1 aliphatic heterocycles. The van der Waals surface area contributed by atoms with Crippen molar-refractivity contribution in [2.24, 2.45) is 5.73 Å². The molecule has 3 nitrogen and oxygen atoms in total. The molecule has 2 unspecified atom stereocenters. The van der Waals surface area contributed by atoms with E-state index in [0.717, 1.165) is 19.5 Å². The van der Waals surface area contributed by atoms with Gasteiger partial charge in [-0.15, -0.1) is 11.3 Å². The first-order valence-corrected chi connectivity index (χ1v) is 7.09. The number of rotatable bonds is 1. The van der Waals surface area contributed by atoms with Gasteiger partial charge in [0.2, 0.25) is 0 Å². The van der Waals surface area contributed by atoms with E-state index in [1.807, 2.05) is 17.5 Å². The van der Waals surface area contributed by atoms with Crippen molar-refractivity contribution in [3.63, 3.8) is 0 Å². The topological polar surface area (TPSA) is 42.1 Å². The summed E-state index contributed by atoms with van der Waals surface area (Å²) < 4.78 is 5.54. The van der Waals surface area contributed by atoms with Gasteiger partial charge in [-0.3, -0.25) is 0 Å². The Morgan fingerprint density at radius 1 is 1.50 bits per heavy atom. The third-order valence-corrected chi connectivity index (χ3v) is 5.33. The molecule has 0 aromatic carbocycles. The summed E-state index contributed by atoms with van der Waals surface area (Å²) in [6.07, 6.45) is 3.08. The standard InChI is InChI=1S/C11H15N3S2/c1-14-5-8(2-9(12)6-14)10-3-7-4-13-16-11(7)15-10/h3-4,8-9H,2,5-6,12H2,1H3. The van der Waals surface area contributed by atoms with E-state index in [9.17, 15) is 0 Å². The van der Waals surface area contributed by atoms with Crippen LogP contribution in [0.5, 0.6) is 0 Å². The Balaban J connectivity index is 1.88. The molecule has 0 amide bonds. The molecule has 1 saturated heterocycles. The van der Waals surface area contributed by atoms with Crippen LogP contribution < -0.4 is 5.73 Å². The number of nitrogens with zero attached hydrogens (tertiary/aromatic N) is 2. The van der Waals surface area contributed by atoms with Gasteiger partial charge in [0.05, 0.1) is 0 Å². The van der Waals surface area contributed by atoms with Gasteiger partial charge in [0, 0.05) is 41.5 Å². The second kappa shape index (κ2) is 4.07. The minimum atomic E-state index is 0.321. The average molecular weight is 253 g/mol. The van der Waals surface area contributed by atoms with Crippen molar-refractivity contribution < 1.29 is 0 Å². The highest BCUT2D eigenvalue weighted by Gasteiger charge is 2.25. The minimum absolute atomic E-state index is 0.321. The monoisotopic (exact) mass is 253 g/mol. The summed E-state index contributed by atoms with van der Waals surface area (Å²) >= 11 is 3.49. The molecule has 2 aromatic heterocycles. The first-order chi connectivity index (χ1) is 7.72. The van der Waals surface area contributed by atoms with E-state index in [1.165, 1.54) is 14.3 Å². The second-order valence-electron chi connectivity index (χ2n) is 4.63. The molecule has 2 N–H and O–H groups in total. The van der Waals surface area contributed by atoms with Gasteiger partial charge in [-0.1, -0.05) is 0 Å². The first kappa shape index (κ1) is 10.7. The molecule has 0 bridgehead atoms. The zero-order valence-electron chi connectivity index (χ0n) is 9.22. The molecule has 2 aromatic rings. The summed E-state index contributed by atoms with van der Waals surface area (Å²) in [5.41, 5.74) is 6.08. The minimum Gasteiger partial charge on any atom is -0.327 e. The van der Waals surface area contributed by atoms with Crippen LogP contribution in [0.25, 0.3) is 9.40 Å². The maximum atomic E-state index is 6.08. The number of likely N-dealkylation sites (tertiary alicyclic amines) is 1. The van der Waals surface area contributed by atoms with Gasteiger partial charge in [-0.25, -0.2) is 0 Å². The van der Waals surface area contributed by atoms with E-state index >= 15 is 0 Å². The number of thiophene rings is 1. The van der Waals surface area contributed by atoms with Crippen molar-refractivity contribution in [3.05, 3.63) is 17.1 Å². The Morgan fingerprint density at radius 2 is 2.38 bits per heavy atom. The summed E-state index contributed by atoms with van der Waals surface area (Å²) in [5.74, 6) is 0.610. The molecule has 16 heavy (non-hydrogen) atoms. The number of fused-ring (bicyclic) bond motifs is 1. The van der Waals surface area contributed by atoms with Gasteiger partial charge in [0.25, 0.3) is 0 Å². The zero-order valence-corrected chi connectivity index (χ0v) is 10.9. The van der Waals surface area contributed by atoms with Crippen molar-refractivity contribution in [2.75, 3.05) is 20.1 Å². The Hall–Kier alpha value is -0.490. The van der Waals surface area contributed by atoms with Crippen molar-refractivity contribution in [1.82, 2.24) is 9.27 Å². The molecule has 5 heteroatoms. The summed E-state index contributed by atoms with van der Waals surface area (Å²) in [7, 11) is 2.16. The van der Waals surface area contributed by atoms with E-state index in [0.29, 0.717) is 12.0 Å². The van der Waals surface area contributed by atoms with Crippen molar-refractivity contribution in [1.29, 1.82) is 0 Å². The molecule has 0 radical (unpaired) electrons. The molecule has 0 saturated carbocycles. The van der Waals surface area contributed by atoms with Gasteiger partial charge in [0.15, 0.2) is 0 Å². The van der Waals surface area contributed by atoms with Crippen LogP contribution in [0.4, 0.5) is 0 Å². The van der Waals surface area contributed by atoms with E-state index < -0.39 is 0 Å². The van der Waals surface area contributed by atoms with E-state index in [2.05, 4.69) is 22.4 Å². The predicted molar refractivity (Wildman–Crippen MR) is 70.3 cm³/mol. The maximum absolute atomic E-state index is 6.08. The zero-order chi connectivity index (χ0) is 11.1. The van der Waals surface area contributed by atoms with Gasteiger partial charge in [-0.05, 0) is 31.1 Å². The molecule has 0 aliphatic carbocycles. The average Bonchev–Trinajstić information content (AvgIpc) is 2.74. The number of nitrogens with two attached hydrogens (primary N) is 1. The van der Waals surface area contributed by atoms with E-state index in [-0.39, 0.29) is 0 Å². The van der Waals surface area contributed by atoms with Gasteiger partial charge in [-0.2, -0.15) is 4.37 Å². The van der Waals surface area contributed by atoms with Crippen LogP contribution in [0.1, 0.15) is 17.2 Å². The Bertz CT molecular complexity index is 452. The highest BCUT2D eigenvalue weighted by Crippen LogP contribution is 2.36. The van der Waals surface area contributed by atoms with Gasteiger partial charge in [0.1, 0.15) is 4.01 Å². The van der Waals surface area contributed by atoms with Crippen LogP contribution in [-0.2, 0) is 0 Å². The summed E-state index contributed by atoms with van der Waals surface area (Å²) in [4.78, 5) is 3.82. The Morgan fingerprint density at radius 3 is 3.12 bits per heavy atom. The smallest absolute Gasteiger partial charge is 0.107 e. The van der Waals surface area contributed by atoms with Crippen LogP contribution in [0.3, 0.4) is 0 Å². The molecule has 3 rings (SSSR count). The normalized spacial score (nSPS) is 27.6. The van der Waals surface area contributed by atoms with Crippen LogP contribution in [0, 0.1) is 0 Å². The highest BCUT2D eigenvalue weighted by atomic mass is 32.2. The van der Waals surface area contributed by atoms with Gasteiger partial charge < -0.3 is 10.6 Å². The van der Waals surface area contributed by atoms with Gasteiger partial charge >= 0.3 is 0 Å². The molecule has 86 valence electrons. The number of likely N-dealkylation sites (N-methyl/N-ethyl adjacent to an activating group) is 1. The largest absolute Gasteiger partial charge is 0.327 e. The number of piperidine rings is 1. The lowest BCUT2D eigenvalue weighted by atomic mass is 9.94. The van der Waals surface area contributed by atoms with Crippen LogP contribution in [-0.4, -0.2) is 35.5 Å². The molecular formula is C11H15N3S2. The number of hydrogen-bond donors (Lipinski definition) is 1. The predicted octanol–water partition coefficient (Wildman–Crippen LogP) is 2.10. The lowest BCUT2D eigenvalue weighted by Crippen LogP contribution is -2.43. The van der Waals surface area contributed by atoms with Crippen LogP contribution >= 0.6 is 22.9 Å². The molecule has 1 aliphatic rings. The summed E-state index contributed by atoms with van der Waals surface area (Å²) in [6, 6.07) is 2.61. The van der Waals surface area contributed by atoms with E-state index in [4.69, 9.17) is 5.73 Å². The molecule has 0 spiro atoms. The Labute approximate surface area is 103 Å². The third-order valence-electron chi connectivity index (χ3n) is 3.14. The molecular weight excluding hydrogens is 238 g/mol. The van der Waals surface area contributed by atoms with Crippen molar-refractivity contribution in [3.8, 4) is 0 Å². The third kappa shape index (κ3) is 1.88. The summed E-state index contributed by atoms with van der Waals surface area (Å²) in [6.45, 7) is 2.16. The number of aromatic nitrogens is 1. The van der Waals surface area contributed by atoms with Crippen molar-refractivity contribution in [2.45, 2.75) is 18.4 Å². The van der Waals surface area contributed by atoms with Crippen molar-refractivity contribution >= 4 is 32.3 Å². The fourth-order valence-electron chi connectivity index (χ4n) is 2.47. The molecule has 2 atom stereocenters. The highest BCUT2D eigenvalue weighted by molar-refractivity contribution is 7.36.